The van der Waals surface area contributed by atoms with Crippen LogP contribution in [0, 0.1) is 0 Å². The van der Waals surface area contributed by atoms with Crippen LogP contribution in [-0.4, -0.2) is 11.1 Å². The molecule has 1 aromatic heterocycles. The second-order valence-corrected chi connectivity index (χ2v) is 4.52. The third kappa shape index (κ3) is 2.57. The Labute approximate surface area is 111 Å². The molecule has 19 heavy (non-hydrogen) atoms. The maximum atomic E-state index is 11.8. The lowest BCUT2D eigenvalue weighted by molar-refractivity contribution is -0.112. The Morgan fingerprint density at radius 1 is 1.26 bits per heavy atom. The Morgan fingerprint density at radius 2 is 2.11 bits per heavy atom. The number of hydrogen-bond donors (Lipinski definition) is 1. The average molecular weight is 254 g/mol. The predicted octanol–water partition coefficient (Wildman–Crippen LogP) is 2.82. The highest BCUT2D eigenvalue weighted by Crippen LogP contribution is 2.28. The van der Waals surface area contributed by atoms with Gasteiger partial charge >= 0.3 is 0 Å². The molecule has 0 unspecified atom stereocenters. The maximum Gasteiger partial charge on any atom is 0.250 e. The van der Waals surface area contributed by atoms with E-state index in [0.29, 0.717) is 5.88 Å². The number of benzene rings is 1. The fourth-order valence-electron chi connectivity index (χ4n) is 2.22. The van der Waals surface area contributed by atoms with Gasteiger partial charge in [0.15, 0.2) is 0 Å². The summed E-state index contributed by atoms with van der Waals surface area (Å²) in [7, 11) is 0. The molecule has 0 saturated carbocycles. The molecular weight excluding hydrogens is 240 g/mol. The van der Waals surface area contributed by atoms with Crippen LogP contribution >= 0.6 is 0 Å². The zero-order valence-corrected chi connectivity index (χ0v) is 10.4. The Bertz CT molecular complexity index is 614. The van der Waals surface area contributed by atoms with E-state index >= 15 is 0 Å². The van der Waals surface area contributed by atoms with Gasteiger partial charge in [-0.3, -0.25) is 10.1 Å². The highest BCUT2D eigenvalue weighted by Gasteiger charge is 2.21. The molecule has 0 bridgehead atoms. The van der Waals surface area contributed by atoms with E-state index in [2.05, 4.69) is 10.5 Å². The van der Waals surface area contributed by atoms with Crippen molar-refractivity contribution in [3.8, 4) is 0 Å². The van der Waals surface area contributed by atoms with Crippen LogP contribution in [-0.2, 0) is 17.6 Å². The van der Waals surface area contributed by atoms with Gasteiger partial charge in [0.25, 0.3) is 5.91 Å². The zero-order chi connectivity index (χ0) is 13.1. The third-order valence-electron chi connectivity index (χ3n) is 3.17. The van der Waals surface area contributed by atoms with Crippen LogP contribution in [0.1, 0.15) is 23.2 Å². The van der Waals surface area contributed by atoms with Crippen LogP contribution in [0.15, 0.2) is 40.9 Å². The summed E-state index contributed by atoms with van der Waals surface area (Å²) in [5.41, 5.74) is 3.00. The van der Waals surface area contributed by atoms with Crippen molar-refractivity contribution in [1.29, 1.82) is 0 Å². The van der Waals surface area contributed by atoms with Gasteiger partial charge < -0.3 is 4.52 Å². The molecule has 0 radical (unpaired) electrons. The maximum absolute atomic E-state index is 11.8. The molecule has 1 heterocycles. The molecule has 1 aliphatic rings. The SMILES string of the molecule is O=C(/C=C/c1ccccc1)Nc1onc2c1CCC2. The van der Waals surface area contributed by atoms with Gasteiger partial charge in [-0.25, -0.2) is 0 Å². The number of hydrogen-bond acceptors (Lipinski definition) is 3. The van der Waals surface area contributed by atoms with Crippen LogP contribution < -0.4 is 5.32 Å². The van der Waals surface area contributed by atoms with Crippen LogP contribution in [0.3, 0.4) is 0 Å². The van der Waals surface area contributed by atoms with Crippen molar-refractivity contribution in [2.45, 2.75) is 19.3 Å². The molecule has 1 aliphatic carbocycles. The molecule has 0 atom stereocenters. The summed E-state index contributed by atoms with van der Waals surface area (Å²) in [4.78, 5) is 11.8. The second kappa shape index (κ2) is 5.10. The van der Waals surface area contributed by atoms with Crippen molar-refractivity contribution in [1.82, 2.24) is 5.16 Å². The fourth-order valence-corrected chi connectivity index (χ4v) is 2.22. The van der Waals surface area contributed by atoms with Crippen molar-refractivity contribution in [2.24, 2.45) is 0 Å². The number of nitrogens with one attached hydrogen (secondary N) is 1. The number of rotatable bonds is 3. The molecule has 1 aromatic carbocycles. The van der Waals surface area contributed by atoms with Gasteiger partial charge in [0, 0.05) is 11.6 Å². The first kappa shape index (κ1) is 11.7. The van der Waals surface area contributed by atoms with Crippen LogP contribution in [0.2, 0.25) is 0 Å². The van der Waals surface area contributed by atoms with Crippen LogP contribution in [0.25, 0.3) is 6.08 Å². The van der Waals surface area contributed by atoms with Gasteiger partial charge in [-0.05, 0) is 30.9 Å². The van der Waals surface area contributed by atoms with E-state index < -0.39 is 0 Å². The van der Waals surface area contributed by atoms with E-state index in [1.165, 1.54) is 6.08 Å². The Kier molecular flexibility index (Phi) is 3.14. The first-order valence-corrected chi connectivity index (χ1v) is 6.34. The lowest BCUT2D eigenvalue weighted by Gasteiger charge is -1.98. The molecule has 96 valence electrons. The van der Waals surface area contributed by atoms with E-state index in [1.807, 2.05) is 30.3 Å². The third-order valence-corrected chi connectivity index (χ3v) is 3.17. The first-order chi connectivity index (χ1) is 9.33. The van der Waals surface area contributed by atoms with Crippen LogP contribution in [0.4, 0.5) is 5.88 Å². The molecule has 1 amide bonds. The average Bonchev–Trinajstić information content (AvgIpc) is 3.03. The predicted molar refractivity (Wildman–Crippen MR) is 72.6 cm³/mol. The second-order valence-electron chi connectivity index (χ2n) is 4.52. The number of carbonyl (C=O) groups is 1. The van der Waals surface area contributed by atoms with Crippen molar-refractivity contribution in [2.75, 3.05) is 5.32 Å². The quantitative estimate of drug-likeness (QED) is 0.857. The summed E-state index contributed by atoms with van der Waals surface area (Å²) in [5, 5.41) is 6.69. The first-order valence-electron chi connectivity index (χ1n) is 6.34. The molecule has 0 saturated heterocycles. The number of aromatic nitrogens is 1. The van der Waals surface area contributed by atoms with E-state index in [9.17, 15) is 4.79 Å². The Balaban J connectivity index is 1.67. The molecule has 1 N–H and O–H groups in total. The summed E-state index contributed by atoms with van der Waals surface area (Å²) in [6.45, 7) is 0. The van der Waals surface area contributed by atoms with Gasteiger partial charge in [0.1, 0.15) is 0 Å². The van der Waals surface area contributed by atoms with Gasteiger partial charge in [-0.1, -0.05) is 35.5 Å². The normalized spacial score (nSPS) is 13.7. The summed E-state index contributed by atoms with van der Waals surface area (Å²) >= 11 is 0. The monoisotopic (exact) mass is 254 g/mol. The summed E-state index contributed by atoms with van der Waals surface area (Å²) in [6.07, 6.45) is 6.22. The minimum absolute atomic E-state index is 0.199. The molecule has 3 rings (SSSR count). The molecule has 4 nitrogen and oxygen atoms in total. The highest BCUT2D eigenvalue weighted by molar-refractivity contribution is 6.01. The lowest BCUT2D eigenvalue weighted by atomic mass is 10.2. The van der Waals surface area contributed by atoms with Crippen molar-refractivity contribution in [3.05, 3.63) is 53.2 Å². The van der Waals surface area contributed by atoms with E-state index in [4.69, 9.17) is 4.52 Å². The van der Waals surface area contributed by atoms with Gasteiger partial charge in [0.2, 0.25) is 5.88 Å². The Morgan fingerprint density at radius 3 is 2.95 bits per heavy atom. The molecule has 4 heteroatoms. The largest absolute Gasteiger partial charge is 0.338 e. The summed E-state index contributed by atoms with van der Waals surface area (Å²) < 4.78 is 5.14. The molecule has 0 fully saturated rings. The molecular formula is C15H14N2O2. The molecule has 2 aromatic rings. The standard InChI is InChI=1S/C15H14N2O2/c18-14(10-9-11-5-2-1-3-6-11)16-15-12-7-4-8-13(12)17-19-15/h1-3,5-6,9-10H,4,7-8H2,(H,16,18)/b10-9+. The van der Waals surface area contributed by atoms with Crippen molar-refractivity contribution < 1.29 is 9.32 Å². The van der Waals surface area contributed by atoms with Gasteiger partial charge in [-0.15, -0.1) is 0 Å². The van der Waals surface area contributed by atoms with Crippen molar-refractivity contribution >= 4 is 17.9 Å². The minimum atomic E-state index is -0.199. The topological polar surface area (TPSA) is 55.1 Å². The number of fused-ring (bicyclic) bond motifs is 1. The van der Waals surface area contributed by atoms with E-state index in [0.717, 1.165) is 36.1 Å². The smallest absolute Gasteiger partial charge is 0.250 e. The van der Waals surface area contributed by atoms with Crippen LogP contribution in [0.5, 0.6) is 0 Å². The number of nitrogens with zero attached hydrogens (tertiary/aromatic N) is 1. The highest BCUT2D eigenvalue weighted by atomic mass is 16.5. The zero-order valence-electron chi connectivity index (χ0n) is 10.4. The Hall–Kier alpha value is -2.36. The fraction of sp³-hybridized carbons (Fsp3) is 0.200. The van der Waals surface area contributed by atoms with Crippen molar-refractivity contribution in [3.63, 3.8) is 0 Å². The van der Waals surface area contributed by atoms with E-state index in [-0.39, 0.29) is 5.91 Å². The lowest BCUT2D eigenvalue weighted by Crippen LogP contribution is -2.08. The number of anilines is 1. The summed E-state index contributed by atoms with van der Waals surface area (Å²) in [6, 6.07) is 9.68. The number of carbonyl (C=O) groups excluding carboxylic acids is 1. The molecule has 0 aliphatic heterocycles. The van der Waals surface area contributed by atoms with Gasteiger partial charge in [0.05, 0.1) is 5.69 Å². The summed E-state index contributed by atoms with van der Waals surface area (Å²) in [5.74, 6) is 0.296. The van der Waals surface area contributed by atoms with E-state index in [1.54, 1.807) is 6.08 Å². The number of amides is 1. The van der Waals surface area contributed by atoms with Gasteiger partial charge in [-0.2, -0.15) is 0 Å². The molecule has 0 spiro atoms. The minimum Gasteiger partial charge on any atom is -0.338 e. The number of aryl methyl sites for hydroxylation is 1.